The minimum absolute atomic E-state index is 0.284. The molecule has 0 fully saturated rings. The average Bonchev–Trinajstić information content (AvgIpc) is 2.72. The summed E-state index contributed by atoms with van der Waals surface area (Å²) in [6.45, 7) is 1.60. The fourth-order valence-corrected chi connectivity index (χ4v) is 2.01. The van der Waals surface area contributed by atoms with Crippen molar-refractivity contribution in [3.05, 3.63) is 16.7 Å². The molecule has 1 aliphatic heterocycles. The van der Waals surface area contributed by atoms with Gasteiger partial charge in [0.2, 0.25) is 5.75 Å². The Morgan fingerprint density at radius 3 is 1.94 bits per heavy atom. The van der Waals surface area contributed by atoms with Gasteiger partial charge in [0.15, 0.2) is 24.1 Å². The van der Waals surface area contributed by atoms with Crippen LogP contribution in [0.5, 0.6) is 17.2 Å². The number of hydrogen-bond donors (Lipinski definition) is 3. The molecule has 1 aliphatic rings. The maximum Gasteiger partial charge on any atom is 0.201 e. The Kier molecular flexibility index (Phi) is 2.86. The summed E-state index contributed by atoms with van der Waals surface area (Å²) in [6, 6.07) is 0. The first kappa shape index (κ1) is 12.0. The van der Waals surface area contributed by atoms with E-state index >= 15 is 0 Å². The number of aromatic hydroxyl groups is 3. The lowest BCUT2D eigenvalue weighted by molar-refractivity contribution is -0.217. The van der Waals surface area contributed by atoms with Gasteiger partial charge in [-0.1, -0.05) is 0 Å². The number of hydrogen-bond acceptors (Lipinski definition) is 6. The van der Waals surface area contributed by atoms with Crippen molar-refractivity contribution in [3.8, 4) is 17.2 Å². The van der Waals surface area contributed by atoms with Gasteiger partial charge >= 0.3 is 0 Å². The van der Waals surface area contributed by atoms with Crippen molar-refractivity contribution < 1.29 is 29.5 Å². The molecule has 2 atom stereocenters. The second-order valence-electron chi connectivity index (χ2n) is 3.77. The maximum absolute atomic E-state index is 9.81. The van der Waals surface area contributed by atoms with E-state index in [1.165, 1.54) is 14.2 Å². The first-order chi connectivity index (χ1) is 8.02. The molecule has 0 aliphatic carbocycles. The van der Waals surface area contributed by atoms with E-state index in [0.29, 0.717) is 11.1 Å². The van der Waals surface area contributed by atoms with Crippen molar-refractivity contribution in [3.63, 3.8) is 0 Å². The summed E-state index contributed by atoms with van der Waals surface area (Å²) < 4.78 is 15.5. The number of ether oxygens (including phenoxy) is 3. The highest BCUT2D eigenvalue weighted by Crippen LogP contribution is 2.53. The number of methoxy groups -OCH3 is 2. The van der Waals surface area contributed by atoms with Crippen LogP contribution < -0.4 is 0 Å². The van der Waals surface area contributed by atoms with E-state index in [9.17, 15) is 15.3 Å². The third-order valence-electron chi connectivity index (χ3n) is 2.90. The summed E-state index contributed by atoms with van der Waals surface area (Å²) in [6.07, 6.45) is -1.58. The summed E-state index contributed by atoms with van der Waals surface area (Å²) >= 11 is 0. The Bertz CT molecular complexity index is 415. The van der Waals surface area contributed by atoms with Gasteiger partial charge in [-0.25, -0.2) is 0 Å². The summed E-state index contributed by atoms with van der Waals surface area (Å²) in [7, 11) is 2.85. The van der Waals surface area contributed by atoms with Gasteiger partial charge in [0.25, 0.3) is 0 Å². The largest absolute Gasteiger partial charge is 0.504 e. The highest BCUT2D eigenvalue weighted by Gasteiger charge is 2.39. The lowest BCUT2D eigenvalue weighted by Crippen LogP contribution is -2.02. The van der Waals surface area contributed by atoms with Crippen LogP contribution in [-0.4, -0.2) is 29.5 Å². The van der Waals surface area contributed by atoms with Crippen LogP contribution in [0.3, 0.4) is 0 Å². The molecule has 0 saturated carbocycles. The normalized spacial score (nSPS) is 22.8. The smallest absolute Gasteiger partial charge is 0.201 e. The van der Waals surface area contributed by atoms with Crippen molar-refractivity contribution in [1.29, 1.82) is 0 Å². The summed E-state index contributed by atoms with van der Waals surface area (Å²) in [5.74, 6) is -1.41. The minimum Gasteiger partial charge on any atom is -0.504 e. The molecule has 6 nitrogen and oxygen atoms in total. The predicted octanol–water partition coefficient (Wildman–Crippen LogP) is 1.43. The second kappa shape index (κ2) is 4.06. The Labute approximate surface area is 98.0 Å². The quantitative estimate of drug-likeness (QED) is 0.680. The molecule has 0 radical (unpaired) electrons. The van der Waals surface area contributed by atoms with E-state index in [0.717, 1.165) is 0 Å². The molecule has 6 heteroatoms. The molecule has 1 aromatic carbocycles. The molecule has 0 aromatic heterocycles. The average molecular weight is 242 g/mol. The monoisotopic (exact) mass is 242 g/mol. The molecule has 0 bridgehead atoms. The first-order valence-corrected chi connectivity index (χ1v) is 5.01. The van der Waals surface area contributed by atoms with Crippen LogP contribution in [0.25, 0.3) is 0 Å². The lowest BCUT2D eigenvalue weighted by atomic mass is 10.00. The third kappa shape index (κ3) is 1.53. The Morgan fingerprint density at radius 1 is 0.882 bits per heavy atom. The Hall–Kier alpha value is -1.50. The molecular formula is C11H14O6. The molecule has 3 N–H and O–H groups in total. The van der Waals surface area contributed by atoms with Gasteiger partial charge in [-0.3, -0.25) is 0 Å². The second-order valence-corrected chi connectivity index (χ2v) is 3.77. The molecule has 1 heterocycles. The van der Waals surface area contributed by atoms with E-state index in [1.54, 1.807) is 6.92 Å². The van der Waals surface area contributed by atoms with E-state index in [1.807, 2.05) is 0 Å². The molecule has 17 heavy (non-hydrogen) atoms. The van der Waals surface area contributed by atoms with Crippen LogP contribution in [0.15, 0.2) is 0 Å². The van der Waals surface area contributed by atoms with Crippen molar-refractivity contribution >= 4 is 0 Å². The Morgan fingerprint density at radius 2 is 1.41 bits per heavy atom. The third-order valence-corrected chi connectivity index (χ3v) is 2.90. The minimum atomic E-state index is -0.833. The fourth-order valence-electron chi connectivity index (χ4n) is 2.01. The molecule has 0 spiro atoms. The molecule has 94 valence electrons. The molecule has 2 unspecified atom stereocenters. The van der Waals surface area contributed by atoms with E-state index < -0.39 is 24.1 Å². The van der Waals surface area contributed by atoms with Gasteiger partial charge < -0.3 is 29.5 Å². The van der Waals surface area contributed by atoms with Crippen molar-refractivity contribution in [1.82, 2.24) is 0 Å². The van der Waals surface area contributed by atoms with Crippen molar-refractivity contribution in [2.24, 2.45) is 0 Å². The summed E-state index contributed by atoms with van der Waals surface area (Å²) in [5.41, 5.74) is 1.15. The first-order valence-electron chi connectivity index (χ1n) is 5.01. The fraction of sp³-hybridized carbons (Fsp3) is 0.455. The van der Waals surface area contributed by atoms with Crippen LogP contribution in [0.4, 0.5) is 0 Å². The van der Waals surface area contributed by atoms with E-state index in [-0.39, 0.29) is 11.3 Å². The van der Waals surface area contributed by atoms with Gasteiger partial charge in [-0.15, -0.1) is 0 Å². The lowest BCUT2D eigenvalue weighted by Gasteiger charge is -2.13. The molecule has 0 amide bonds. The molecule has 2 rings (SSSR count). The van der Waals surface area contributed by atoms with Crippen LogP contribution in [0.1, 0.15) is 29.3 Å². The summed E-state index contributed by atoms with van der Waals surface area (Å²) in [5, 5.41) is 29.0. The molecular weight excluding hydrogens is 228 g/mol. The predicted molar refractivity (Wildman–Crippen MR) is 56.8 cm³/mol. The number of benzene rings is 1. The van der Waals surface area contributed by atoms with Gasteiger partial charge in [-0.2, -0.15) is 0 Å². The van der Waals surface area contributed by atoms with Crippen molar-refractivity contribution in [2.45, 2.75) is 19.5 Å². The zero-order valence-electron chi connectivity index (χ0n) is 9.72. The van der Waals surface area contributed by atoms with E-state index in [4.69, 9.17) is 14.2 Å². The molecule has 1 aromatic rings. The topological polar surface area (TPSA) is 88.4 Å². The van der Waals surface area contributed by atoms with Crippen LogP contribution in [0.2, 0.25) is 0 Å². The number of phenolic OH excluding ortho intramolecular Hbond substituents is 3. The number of rotatable bonds is 2. The van der Waals surface area contributed by atoms with Gasteiger partial charge in [0.05, 0.1) is 5.56 Å². The standard InChI is InChI=1S/C11H14O6/c1-4-5-6(8(13)9(14)7(4)12)11(16-3)17-10(5)15-2/h10-14H,1-3H3. The summed E-state index contributed by atoms with van der Waals surface area (Å²) in [4.78, 5) is 0. The van der Waals surface area contributed by atoms with Crippen LogP contribution in [-0.2, 0) is 14.2 Å². The van der Waals surface area contributed by atoms with Gasteiger partial charge in [-0.05, 0) is 6.92 Å². The Balaban J connectivity index is 2.72. The highest BCUT2D eigenvalue weighted by molar-refractivity contribution is 5.63. The zero-order valence-corrected chi connectivity index (χ0v) is 9.72. The zero-order chi connectivity index (χ0) is 12.7. The van der Waals surface area contributed by atoms with Crippen LogP contribution >= 0.6 is 0 Å². The van der Waals surface area contributed by atoms with E-state index in [2.05, 4.69) is 0 Å². The van der Waals surface area contributed by atoms with Gasteiger partial charge in [0.1, 0.15) is 0 Å². The number of phenols is 3. The van der Waals surface area contributed by atoms with Crippen LogP contribution in [0, 0.1) is 6.92 Å². The molecule has 0 saturated heterocycles. The highest BCUT2D eigenvalue weighted by atomic mass is 16.8. The maximum atomic E-state index is 9.81. The van der Waals surface area contributed by atoms with Gasteiger partial charge in [0, 0.05) is 25.3 Å². The number of fused-ring (bicyclic) bond motifs is 1. The van der Waals surface area contributed by atoms with Crippen molar-refractivity contribution in [2.75, 3.05) is 14.2 Å². The SMILES string of the molecule is COC1OC(OC)c2c(O)c(O)c(O)c(C)c21.